The van der Waals surface area contributed by atoms with Crippen molar-refractivity contribution in [1.29, 1.82) is 0 Å². The van der Waals surface area contributed by atoms with E-state index in [0.29, 0.717) is 6.61 Å². The van der Waals surface area contributed by atoms with Crippen molar-refractivity contribution in [3.05, 3.63) is 12.2 Å². The lowest BCUT2D eigenvalue weighted by atomic mass is 9.79. The normalized spacial score (nSPS) is 54.1. The lowest BCUT2D eigenvalue weighted by molar-refractivity contribution is -0.150. The molecule has 112 valence electrons. The van der Waals surface area contributed by atoms with Crippen LogP contribution in [0.3, 0.4) is 0 Å². The zero-order valence-corrected chi connectivity index (χ0v) is 12.5. The van der Waals surface area contributed by atoms with Gasteiger partial charge in [0.25, 0.3) is 0 Å². The van der Waals surface area contributed by atoms with Gasteiger partial charge in [0.1, 0.15) is 11.0 Å². The number of carbonyl (C=O) groups excluding carboxylic acids is 2. The first-order valence-corrected chi connectivity index (χ1v) is 7.64. The van der Waals surface area contributed by atoms with Crippen LogP contribution in [0, 0.1) is 17.3 Å². The summed E-state index contributed by atoms with van der Waals surface area (Å²) in [5.74, 6) is -0.190. The van der Waals surface area contributed by atoms with Crippen LogP contribution in [0.25, 0.3) is 0 Å². The number of methoxy groups -OCH3 is 1. The first-order chi connectivity index (χ1) is 9.86. The fourth-order valence-electron chi connectivity index (χ4n) is 5.56. The topological polar surface area (TPSA) is 55.8 Å². The van der Waals surface area contributed by atoms with Gasteiger partial charge in [-0.1, -0.05) is 12.2 Å². The molecule has 5 heteroatoms. The monoisotopic (exact) mass is 289 g/mol. The van der Waals surface area contributed by atoms with Crippen molar-refractivity contribution in [2.45, 2.75) is 43.4 Å². The SMILES string of the molecule is COCC1(N2C(=O)C3C4C5(C)C=CC(C)(O5)C34C2=O)CC1. The summed E-state index contributed by atoms with van der Waals surface area (Å²) in [6.45, 7) is 4.40. The minimum atomic E-state index is -0.642. The van der Waals surface area contributed by atoms with Crippen LogP contribution in [0.1, 0.15) is 26.7 Å². The number of hydrogen-bond donors (Lipinski definition) is 0. The number of piperidine rings is 1. The maximum absolute atomic E-state index is 13.2. The third-order valence-corrected chi connectivity index (χ3v) is 6.57. The Bertz CT molecular complexity index is 638. The Morgan fingerprint density at radius 2 is 2.05 bits per heavy atom. The number of ether oxygens (including phenoxy) is 2. The van der Waals surface area contributed by atoms with Gasteiger partial charge in [-0.15, -0.1) is 0 Å². The van der Waals surface area contributed by atoms with E-state index < -0.39 is 16.6 Å². The molecule has 1 spiro atoms. The van der Waals surface area contributed by atoms with Gasteiger partial charge in [-0.05, 0) is 26.7 Å². The molecule has 5 unspecified atom stereocenters. The maximum atomic E-state index is 13.2. The third kappa shape index (κ3) is 0.974. The molecule has 21 heavy (non-hydrogen) atoms. The number of fused-ring (bicyclic) bond motifs is 4. The van der Waals surface area contributed by atoms with Crippen molar-refractivity contribution in [2.75, 3.05) is 13.7 Å². The van der Waals surface area contributed by atoms with E-state index in [1.54, 1.807) is 7.11 Å². The van der Waals surface area contributed by atoms with E-state index in [1.807, 2.05) is 26.0 Å². The highest BCUT2D eigenvalue weighted by Gasteiger charge is 2.94. The smallest absolute Gasteiger partial charge is 0.240 e. The van der Waals surface area contributed by atoms with Gasteiger partial charge >= 0.3 is 0 Å². The van der Waals surface area contributed by atoms with Crippen LogP contribution in [0.5, 0.6) is 0 Å². The average Bonchev–Trinajstić information content (AvgIpc) is 3.25. The van der Waals surface area contributed by atoms with E-state index in [0.717, 1.165) is 12.8 Å². The number of nitrogens with zero attached hydrogens (tertiary/aromatic N) is 1. The van der Waals surface area contributed by atoms with E-state index in [1.165, 1.54) is 4.90 Å². The standard InChI is InChI=1S/C16H19NO4/c1-13-4-5-14(2,21-13)16-9(10(13)16)11(18)17(12(16)19)15(6-7-15)8-20-3/h4-5,9-10H,6-8H2,1-3H3. The summed E-state index contributed by atoms with van der Waals surface area (Å²) >= 11 is 0. The molecule has 0 N–H and O–H groups in total. The van der Waals surface area contributed by atoms with Crippen LogP contribution in [0.2, 0.25) is 0 Å². The zero-order valence-electron chi connectivity index (χ0n) is 12.5. The lowest BCUT2D eigenvalue weighted by Crippen LogP contribution is -2.51. The summed E-state index contributed by atoms with van der Waals surface area (Å²) in [5.41, 5.74) is -2.09. The van der Waals surface area contributed by atoms with Gasteiger partial charge in [0.15, 0.2) is 0 Å². The van der Waals surface area contributed by atoms with Gasteiger partial charge in [-0.3, -0.25) is 14.5 Å². The van der Waals surface area contributed by atoms with Crippen molar-refractivity contribution in [2.24, 2.45) is 17.3 Å². The van der Waals surface area contributed by atoms with Gasteiger partial charge in [0.2, 0.25) is 11.8 Å². The van der Waals surface area contributed by atoms with Crippen LogP contribution in [0.4, 0.5) is 0 Å². The number of carbonyl (C=O) groups is 2. The first-order valence-electron chi connectivity index (χ1n) is 7.64. The minimum Gasteiger partial charge on any atom is -0.382 e. The van der Waals surface area contributed by atoms with E-state index in [9.17, 15) is 9.59 Å². The van der Waals surface area contributed by atoms with Crippen LogP contribution in [-0.2, 0) is 19.1 Å². The lowest BCUT2D eigenvalue weighted by Gasteiger charge is -2.32. The highest BCUT2D eigenvalue weighted by Crippen LogP contribution is 2.82. The second kappa shape index (κ2) is 2.97. The van der Waals surface area contributed by atoms with Gasteiger partial charge in [-0.2, -0.15) is 0 Å². The van der Waals surface area contributed by atoms with E-state index >= 15 is 0 Å². The molecule has 2 saturated carbocycles. The molecular formula is C16H19NO4. The van der Waals surface area contributed by atoms with Gasteiger partial charge < -0.3 is 9.47 Å². The molecule has 2 amide bonds. The summed E-state index contributed by atoms with van der Waals surface area (Å²) in [6, 6.07) is 0. The Morgan fingerprint density at radius 1 is 1.33 bits per heavy atom. The summed E-state index contributed by atoms with van der Waals surface area (Å²) in [7, 11) is 1.62. The summed E-state index contributed by atoms with van der Waals surface area (Å²) < 4.78 is 11.4. The molecule has 5 nitrogen and oxygen atoms in total. The predicted octanol–water partition coefficient (Wildman–Crippen LogP) is 0.884. The molecule has 3 aliphatic heterocycles. The van der Waals surface area contributed by atoms with Crippen molar-refractivity contribution >= 4 is 11.8 Å². The van der Waals surface area contributed by atoms with Crippen molar-refractivity contribution in [1.82, 2.24) is 4.90 Å². The van der Waals surface area contributed by atoms with E-state index in [-0.39, 0.29) is 29.2 Å². The molecule has 2 bridgehead atoms. The number of hydrogen-bond acceptors (Lipinski definition) is 4. The summed E-state index contributed by atoms with van der Waals surface area (Å²) in [6.07, 6.45) is 5.75. The number of imide groups is 1. The van der Waals surface area contributed by atoms with Crippen molar-refractivity contribution in [3.8, 4) is 0 Å². The van der Waals surface area contributed by atoms with Crippen molar-refractivity contribution in [3.63, 3.8) is 0 Å². The highest BCUT2D eigenvalue weighted by molar-refractivity contribution is 6.15. The van der Waals surface area contributed by atoms with Gasteiger partial charge in [0.05, 0.1) is 23.7 Å². The molecule has 5 rings (SSSR count). The molecule has 5 aliphatic rings. The Kier molecular flexibility index (Phi) is 1.75. The average molecular weight is 289 g/mol. The highest BCUT2D eigenvalue weighted by atomic mass is 16.5. The quantitative estimate of drug-likeness (QED) is 0.572. The Labute approximate surface area is 123 Å². The molecule has 4 fully saturated rings. The molecule has 0 aromatic carbocycles. The fraction of sp³-hybridized carbons (Fsp3) is 0.750. The van der Waals surface area contributed by atoms with Crippen molar-refractivity contribution < 1.29 is 19.1 Å². The Balaban J connectivity index is 1.60. The molecule has 2 saturated heterocycles. The Morgan fingerprint density at radius 3 is 2.67 bits per heavy atom. The fourth-order valence-corrected chi connectivity index (χ4v) is 5.56. The van der Waals surface area contributed by atoms with Crippen LogP contribution < -0.4 is 0 Å². The number of likely N-dealkylation sites (tertiary alicyclic amines) is 1. The predicted molar refractivity (Wildman–Crippen MR) is 72.1 cm³/mol. The molecule has 2 aliphatic carbocycles. The zero-order chi connectivity index (χ0) is 14.8. The van der Waals surface area contributed by atoms with Crippen LogP contribution >= 0.6 is 0 Å². The Hall–Kier alpha value is -1.20. The molecule has 0 aromatic rings. The molecule has 0 radical (unpaired) electrons. The van der Waals surface area contributed by atoms with E-state index in [2.05, 4.69) is 0 Å². The number of rotatable bonds is 3. The van der Waals surface area contributed by atoms with Gasteiger partial charge in [-0.25, -0.2) is 0 Å². The number of amides is 2. The second-order valence-corrected chi connectivity index (χ2v) is 7.69. The molecule has 3 heterocycles. The summed E-state index contributed by atoms with van der Waals surface area (Å²) in [4.78, 5) is 27.6. The first kappa shape index (κ1) is 12.4. The minimum absolute atomic E-state index is 0.00370. The molecule has 5 atom stereocenters. The maximum Gasteiger partial charge on any atom is 0.240 e. The van der Waals surface area contributed by atoms with Crippen LogP contribution in [-0.4, -0.2) is 47.2 Å². The van der Waals surface area contributed by atoms with Gasteiger partial charge in [0, 0.05) is 13.0 Å². The second-order valence-electron chi connectivity index (χ2n) is 7.69. The largest absolute Gasteiger partial charge is 0.382 e. The third-order valence-electron chi connectivity index (χ3n) is 6.57. The molecular weight excluding hydrogens is 270 g/mol. The summed E-state index contributed by atoms with van der Waals surface area (Å²) in [5, 5.41) is 0. The van der Waals surface area contributed by atoms with Crippen LogP contribution in [0.15, 0.2) is 12.2 Å². The van der Waals surface area contributed by atoms with E-state index in [4.69, 9.17) is 9.47 Å². The molecule has 0 aromatic heterocycles.